The molecule has 2 aromatic rings. The van der Waals surface area contributed by atoms with Gasteiger partial charge >= 0.3 is 0 Å². The summed E-state index contributed by atoms with van der Waals surface area (Å²) in [5.41, 5.74) is 0.888. The first-order valence-corrected chi connectivity index (χ1v) is 11.3. The van der Waals surface area contributed by atoms with E-state index in [0.29, 0.717) is 50.6 Å². The van der Waals surface area contributed by atoms with Crippen molar-refractivity contribution in [3.05, 3.63) is 48.0 Å². The van der Waals surface area contributed by atoms with Crippen LogP contribution in [-0.2, 0) is 17.1 Å². The Morgan fingerprint density at radius 3 is 2.31 bits per heavy atom. The summed E-state index contributed by atoms with van der Waals surface area (Å²) in [6.45, 7) is 3.00. The number of sulfonamides is 1. The second kappa shape index (κ2) is 7.79. The van der Waals surface area contributed by atoms with E-state index in [-0.39, 0.29) is 16.6 Å². The van der Waals surface area contributed by atoms with Crippen LogP contribution in [0.4, 0.5) is 10.1 Å². The molecule has 0 N–H and O–H groups in total. The number of aromatic nitrogens is 1. The van der Waals surface area contributed by atoms with Crippen LogP contribution < -0.4 is 4.90 Å². The number of rotatable bonds is 4. The molecule has 4 rings (SSSR count). The molecule has 7 nitrogen and oxygen atoms in total. The van der Waals surface area contributed by atoms with Crippen molar-refractivity contribution in [2.24, 2.45) is 7.05 Å². The van der Waals surface area contributed by atoms with Crippen LogP contribution in [0.5, 0.6) is 0 Å². The highest BCUT2D eigenvalue weighted by atomic mass is 32.2. The van der Waals surface area contributed by atoms with Crippen molar-refractivity contribution in [2.45, 2.75) is 17.7 Å². The lowest BCUT2D eigenvalue weighted by molar-refractivity contribution is 0.0737. The first kappa shape index (κ1) is 19.9. The van der Waals surface area contributed by atoms with Crippen molar-refractivity contribution >= 4 is 21.6 Å². The number of piperazine rings is 1. The molecule has 0 aliphatic carbocycles. The minimum absolute atomic E-state index is 0.162. The van der Waals surface area contributed by atoms with Gasteiger partial charge in [0.2, 0.25) is 10.0 Å². The predicted octanol–water partition coefficient (Wildman–Crippen LogP) is 1.91. The summed E-state index contributed by atoms with van der Waals surface area (Å²) < 4.78 is 42.6. The SMILES string of the molecule is Cn1cc(S(=O)(=O)N2CCCC2)cc1C(=O)N1CCN(c2ccccc2F)CC1. The number of nitrogens with zero attached hydrogens (tertiary/aromatic N) is 4. The van der Waals surface area contributed by atoms with Gasteiger partial charge in [0.25, 0.3) is 5.91 Å². The minimum atomic E-state index is -3.56. The Hall–Kier alpha value is -2.39. The number of hydrogen-bond donors (Lipinski definition) is 0. The van der Waals surface area contributed by atoms with Gasteiger partial charge in [-0.3, -0.25) is 4.79 Å². The number of aryl methyl sites for hydroxylation is 1. The number of amides is 1. The van der Waals surface area contributed by atoms with E-state index in [1.807, 2.05) is 4.90 Å². The average Bonchev–Trinajstić information content (AvgIpc) is 3.39. The minimum Gasteiger partial charge on any atom is -0.366 e. The van der Waals surface area contributed by atoms with E-state index in [1.165, 1.54) is 22.6 Å². The Balaban J connectivity index is 1.47. The molecule has 3 heterocycles. The number of para-hydroxylation sites is 1. The number of carbonyl (C=O) groups excluding carboxylic acids is 1. The van der Waals surface area contributed by atoms with E-state index >= 15 is 0 Å². The van der Waals surface area contributed by atoms with E-state index in [1.54, 1.807) is 34.7 Å². The second-order valence-electron chi connectivity index (χ2n) is 7.51. The third-order valence-corrected chi connectivity index (χ3v) is 7.53. The van der Waals surface area contributed by atoms with Gasteiger partial charge in [-0.2, -0.15) is 4.31 Å². The van der Waals surface area contributed by atoms with Crippen LogP contribution in [0.3, 0.4) is 0 Å². The lowest BCUT2D eigenvalue weighted by Gasteiger charge is -2.36. The molecule has 0 unspecified atom stereocenters. The first-order valence-electron chi connectivity index (χ1n) is 9.83. The zero-order valence-corrected chi connectivity index (χ0v) is 17.2. The van der Waals surface area contributed by atoms with Crippen molar-refractivity contribution in [2.75, 3.05) is 44.2 Å². The van der Waals surface area contributed by atoms with Gasteiger partial charge in [0, 0.05) is 52.5 Å². The molecule has 9 heteroatoms. The van der Waals surface area contributed by atoms with Gasteiger partial charge in [-0.05, 0) is 31.0 Å². The van der Waals surface area contributed by atoms with Gasteiger partial charge in [0.05, 0.1) is 5.69 Å². The highest BCUT2D eigenvalue weighted by Crippen LogP contribution is 2.24. The molecule has 0 atom stereocenters. The van der Waals surface area contributed by atoms with Gasteiger partial charge in [-0.25, -0.2) is 12.8 Å². The van der Waals surface area contributed by atoms with Crippen molar-refractivity contribution in [3.63, 3.8) is 0 Å². The highest BCUT2D eigenvalue weighted by Gasteiger charge is 2.31. The quantitative estimate of drug-likeness (QED) is 0.758. The van der Waals surface area contributed by atoms with Crippen LogP contribution in [-0.4, -0.2) is 67.4 Å². The summed E-state index contributed by atoms with van der Waals surface area (Å²) >= 11 is 0. The molecule has 1 amide bonds. The van der Waals surface area contributed by atoms with E-state index < -0.39 is 10.0 Å². The van der Waals surface area contributed by atoms with Crippen LogP contribution in [0.1, 0.15) is 23.3 Å². The molecule has 2 aliphatic heterocycles. The zero-order valence-electron chi connectivity index (χ0n) is 16.4. The number of halogens is 1. The molecule has 1 aromatic carbocycles. The van der Waals surface area contributed by atoms with E-state index in [9.17, 15) is 17.6 Å². The normalized spacial score (nSPS) is 18.4. The predicted molar refractivity (Wildman–Crippen MR) is 108 cm³/mol. The van der Waals surface area contributed by atoms with Crippen LogP contribution in [0.15, 0.2) is 41.4 Å². The Labute approximate surface area is 170 Å². The Kier molecular flexibility index (Phi) is 5.35. The third kappa shape index (κ3) is 3.76. The molecule has 0 spiro atoms. The van der Waals surface area contributed by atoms with Crippen LogP contribution in [0.25, 0.3) is 0 Å². The Morgan fingerprint density at radius 1 is 1.00 bits per heavy atom. The summed E-state index contributed by atoms with van der Waals surface area (Å²) in [6.07, 6.45) is 3.24. The first-order chi connectivity index (χ1) is 13.9. The largest absolute Gasteiger partial charge is 0.366 e. The molecule has 2 saturated heterocycles. The average molecular weight is 421 g/mol. The second-order valence-corrected chi connectivity index (χ2v) is 9.45. The van der Waals surface area contributed by atoms with Crippen molar-refractivity contribution in [1.29, 1.82) is 0 Å². The molecular formula is C20H25FN4O3S. The molecule has 1 aromatic heterocycles. The van der Waals surface area contributed by atoms with E-state index in [0.717, 1.165) is 12.8 Å². The molecule has 29 heavy (non-hydrogen) atoms. The van der Waals surface area contributed by atoms with Gasteiger partial charge < -0.3 is 14.4 Å². The molecular weight excluding hydrogens is 395 g/mol. The Morgan fingerprint density at radius 2 is 1.66 bits per heavy atom. The van der Waals surface area contributed by atoms with Crippen molar-refractivity contribution in [3.8, 4) is 0 Å². The number of hydrogen-bond acceptors (Lipinski definition) is 4. The number of benzene rings is 1. The third-order valence-electron chi connectivity index (χ3n) is 5.66. The van der Waals surface area contributed by atoms with E-state index in [4.69, 9.17) is 0 Å². The standard InChI is InChI=1S/C20H25FN4O3S/c1-22-15-16(29(27,28)25-8-4-5-9-25)14-19(22)20(26)24-12-10-23(11-13-24)18-7-3-2-6-17(18)21/h2-3,6-7,14-15H,4-5,8-13H2,1H3. The number of carbonyl (C=O) groups is 1. The fourth-order valence-electron chi connectivity index (χ4n) is 3.99. The van der Waals surface area contributed by atoms with Gasteiger partial charge in [0.15, 0.2) is 0 Å². The maximum Gasteiger partial charge on any atom is 0.270 e. The molecule has 0 radical (unpaired) electrons. The van der Waals surface area contributed by atoms with E-state index in [2.05, 4.69) is 0 Å². The molecule has 2 aliphatic rings. The highest BCUT2D eigenvalue weighted by molar-refractivity contribution is 7.89. The van der Waals surface area contributed by atoms with Gasteiger partial charge in [-0.15, -0.1) is 0 Å². The lowest BCUT2D eigenvalue weighted by Crippen LogP contribution is -2.49. The smallest absolute Gasteiger partial charge is 0.270 e. The van der Waals surface area contributed by atoms with Gasteiger partial charge in [0.1, 0.15) is 16.4 Å². The summed E-state index contributed by atoms with van der Waals surface area (Å²) in [4.78, 5) is 16.8. The zero-order chi connectivity index (χ0) is 20.6. The molecule has 156 valence electrons. The van der Waals surface area contributed by atoms with Crippen molar-refractivity contribution in [1.82, 2.24) is 13.8 Å². The maximum absolute atomic E-state index is 14.0. The monoisotopic (exact) mass is 420 g/mol. The molecule has 0 bridgehead atoms. The summed E-state index contributed by atoms with van der Waals surface area (Å²) in [7, 11) is -1.88. The Bertz CT molecular complexity index is 1010. The fraction of sp³-hybridized carbons (Fsp3) is 0.450. The maximum atomic E-state index is 14.0. The molecule has 0 saturated carbocycles. The summed E-state index contributed by atoms with van der Waals surface area (Å²) in [6, 6.07) is 8.09. The van der Waals surface area contributed by atoms with Gasteiger partial charge in [-0.1, -0.05) is 12.1 Å². The summed E-state index contributed by atoms with van der Waals surface area (Å²) in [5, 5.41) is 0. The molecule has 2 fully saturated rings. The summed E-state index contributed by atoms with van der Waals surface area (Å²) in [5.74, 6) is -0.477. The number of anilines is 1. The van der Waals surface area contributed by atoms with Crippen molar-refractivity contribution < 1.29 is 17.6 Å². The lowest BCUT2D eigenvalue weighted by atomic mass is 10.2. The van der Waals surface area contributed by atoms with Crippen LogP contribution in [0, 0.1) is 5.82 Å². The topological polar surface area (TPSA) is 65.9 Å². The van der Waals surface area contributed by atoms with Crippen LogP contribution >= 0.6 is 0 Å². The van der Waals surface area contributed by atoms with Crippen LogP contribution in [0.2, 0.25) is 0 Å². The fourth-order valence-corrected chi connectivity index (χ4v) is 5.58.